The van der Waals surface area contributed by atoms with Gasteiger partial charge in [-0.3, -0.25) is 5.01 Å². The second kappa shape index (κ2) is 3.61. The minimum Gasteiger partial charge on any atom is -0.311 e. The number of hydrogen-bond acceptors (Lipinski definition) is 3. The van der Waals surface area contributed by atoms with E-state index in [0.717, 1.165) is 16.3 Å². The van der Waals surface area contributed by atoms with Crippen molar-refractivity contribution < 1.29 is 0 Å². The number of benzene rings is 1. The molecule has 1 aliphatic rings. The summed E-state index contributed by atoms with van der Waals surface area (Å²) in [6.45, 7) is 1.98. The van der Waals surface area contributed by atoms with Crippen LogP contribution >= 0.6 is 11.6 Å². The zero-order chi connectivity index (χ0) is 10.1. The molecule has 2 rings (SSSR count). The molecule has 1 atom stereocenters. The van der Waals surface area contributed by atoms with Crippen LogP contribution in [-0.4, -0.2) is 6.17 Å². The molecule has 0 amide bonds. The molecule has 4 heteroatoms. The minimum absolute atomic E-state index is 0.116. The van der Waals surface area contributed by atoms with Gasteiger partial charge < -0.3 is 5.73 Å². The predicted octanol–water partition coefficient (Wildman–Crippen LogP) is 1.77. The first-order valence-corrected chi connectivity index (χ1v) is 4.80. The van der Waals surface area contributed by atoms with Crippen molar-refractivity contribution in [3.8, 4) is 0 Å². The summed E-state index contributed by atoms with van der Waals surface area (Å²) in [6.07, 6.45) is 3.66. The fourth-order valence-electron chi connectivity index (χ4n) is 1.32. The molecule has 0 radical (unpaired) electrons. The number of halogens is 1. The maximum atomic E-state index is 6.02. The lowest BCUT2D eigenvalue weighted by Gasteiger charge is -2.18. The number of nitrogens with zero attached hydrogens (tertiary/aromatic N) is 1. The van der Waals surface area contributed by atoms with E-state index < -0.39 is 0 Å². The minimum atomic E-state index is -0.116. The quantitative estimate of drug-likeness (QED) is 0.741. The van der Waals surface area contributed by atoms with Crippen LogP contribution in [0.1, 0.15) is 5.56 Å². The molecule has 3 N–H and O–H groups in total. The van der Waals surface area contributed by atoms with Crippen LogP contribution in [0.25, 0.3) is 0 Å². The first-order chi connectivity index (χ1) is 6.66. The molecule has 1 aromatic rings. The molecule has 0 fully saturated rings. The standard InChI is InChI=1S/C10H12ClN3/c1-7-2-3-8(6-9(7)11)14-5-4-10(12)13-14/h2-6,10,13H,12H2,1H3. The van der Waals surface area contributed by atoms with Gasteiger partial charge in [-0.25, -0.2) is 5.43 Å². The lowest BCUT2D eigenvalue weighted by molar-refractivity contribution is 0.659. The summed E-state index contributed by atoms with van der Waals surface area (Å²) in [6, 6.07) is 5.89. The first kappa shape index (κ1) is 9.52. The van der Waals surface area contributed by atoms with Gasteiger partial charge in [-0.15, -0.1) is 0 Å². The van der Waals surface area contributed by atoms with Gasteiger partial charge in [0.05, 0.1) is 11.9 Å². The summed E-state index contributed by atoms with van der Waals surface area (Å²) in [5, 5.41) is 2.62. The van der Waals surface area contributed by atoms with E-state index in [0.29, 0.717) is 0 Å². The Balaban J connectivity index is 2.25. The second-order valence-electron chi connectivity index (χ2n) is 3.30. The zero-order valence-corrected chi connectivity index (χ0v) is 8.62. The molecule has 0 saturated carbocycles. The molecular weight excluding hydrogens is 198 g/mol. The highest BCUT2D eigenvalue weighted by molar-refractivity contribution is 6.31. The van der Waals surface area contributed by atoms with E-state index in [1.807, 2.05) is 42.4 Å². The number of nitrogens with two attached hydrogens (primary N) is 1. The van der Waals surface area contributed by atoms with Gasteiger partial charge in [-0.05, 0) is 30.7 Å². The van der Waals surface area contributed by atoms with Crippen molar-refractivity contribution in [3.05, 3.63) is 41.1 Å². The van der Waals surface area contributed by atoms with Gasteiger partial charge in [0.15, 0.2) is 0 Å². The van der Waals surface area contributed by atoms with E-state index in [2.05, 4.69) is 5.43 Å². The molecule has 74 valence electrons. The van der Waals surface area contributed by atoms with Crippen molar-refractivity contribution in [3.63, 3.8) is 0 Å². The Bertz CT molecular complexity index is 376. The largest absolute Gasteiger partial charge is 0.311 e. The van der Waals surface area contributed by atoms with Crippen LogP contribution in [0.2, 0.25) is 5.02 Å². The van der Waals surface area contributed by atoms with E-state index >= 15 is 0 Å². The number of anilines is 1. The van der Waals surface area contributed by atoms with Crippen molar-refractivity contribution >= 4 is 17.3 Å². The Morgan fingerprint density at radius 3 is 2.86 bits per heavy atom. The van der Waals surface area contributed by atoms with Gasteiger partial charge in [-0.2, -0.15) is 0 Å². The summed E-state index contributed by atoms with van der Waals surface area (Å²) in [5.41, 5.74) is 10.8. The summed E-state index contributed by atoms with van der Waals surface area (Å²) >= 11 is 6.02. The van der Waals surface area contributed by atoms with Crippen molar-refractivity contribution in [2.75, 3.05) is 5.01 Å². The highest BCUT2D eigenvalue weighted by atomic mass is 35.5. The monoisotopic (exact) mass is 209 g/mol. The Labute approximate surface area is 88.1 Å². The lowest BCUT2D eigenvalue weighted by atomic mass is 10.2. The van der Waals surface area contributed by atoms with E-state index in [1.165, 1.54) is 0 Å². The van der Waals surface area contributed by atoms with Crippen LogP contribution in [0.15, 0.2) is 30.5 Å². The first-order valence-electron chi connectivity index (χ1n) is 4.42. The number of nitrogens with one attached hydrogen (secondary N) is 1. The summed E-state index contributed by atoms with van der Waals surface area (Å²) in [4.78, 5) is 0. The molecule has 0 bridgehead atoms. The van der Waals surface area contributed by atoms with Crippen LogP contribution < -0.4 is 16.2 Å². The third-order valence-corrected chi connectivity index (χ3v) is 2.57. The summed E-state index contributed by atoms with van der Waals surface area (Å²) < 4.78 is 0. The molecule has 1 unspecified atom stereocenters. The lowest BCUT2D eigenvalue weighted by Crippen LogP contribution is -2.40. The molecular formula is C10H12ClN3. The third-order valence-electron chi connectivity index (χ3n) is 2.16. The predicted molar refractivity (Wildman–Crippen MR) is 58.9 cm³/mol. The van der Waals surface area contributed by atoms with Crippen LogP contribution in [0.4, 0.5) is 5.69 Å². The van der Waals surface area contributed by atoms with Crippen molar-refractivity contribution in [1.82, 2.24) is 5.43 Å². The Morgan fingerprint density at radius 2 is 2.29 bits per heavy atom. The fraction of sp³-hybridized carbons (Fsp3) is 0.200. The van der Waals surface area contributed by atoms with Gasteiger partial charge in [0.25, 0.3) is 0 Å². The van der Waals surface area contributed by atoms with E-state index in [1.54, 1.807) is 0 Å². The molecule has 14 heavy (non-hydrogen) atoms. The Kier molecular flexibility index (Phi) is 2.46. The molecule has 0 aromatic heterocycles. The van der Waals surface area contributed by atoms with Gasteiger partial charge in [-0.1, -0.05) is 17.7 Å². The molecule has 3 nitrogen and oxygen atoms in total. The normalized spacial score (nSPS) is 20.5. The topological polar surface area (TPSA) is 41.3 Å². The molecule has 1 aromatic carbocycles. The Morgan fingerprint density at radius 1 is 1.50 bits per heavy atom. The zero-order valence-electron chi connectivity index (χ0n) is 7.87. The highest BCUT2D eigenvalue weighted by Crippen LogP contribution is 2.23. The number of hydrazine groups is 1. The van der Waals surface area contributed by atoms with Gasteiger partial charge in [0.2, 0.25) is 0 Å². The van der Waals surface area contributed by atoms with E-state index in [4.69, 9.17) is 17.3 Å². The molecule has 1 heterocycles. The van der Waals surface area contributed by atoms with Crippen LogP contribution in [0.5, 0.6) is 0 Å². The SMILES string of the molecule is Cc1ccc(N2C=CC(N)N2)cc1Cl. The maximum absolute atomic E-state index is 6.02. The summed E-state index contributed by atoms with van der Waals surface area (Å²) in [5.74, 6) is 0. The van der Waals surface area contributed by atoms with Crippen molar-refractivity contribution in [2.24, 2.45) is 5.73 Å². The molecule has 0 saturated heterocycles. The fourth-order valence-corrected chi connectivity index (χ4v) is 1.49. The molecule has 0 spiro atoms. The van der Waals surface area contributed by atoms with Gasteiger partial charge >= 0.3 is 0 Å². The number of aryl methyl sites for hydroxylation is 1. The average molecular weight is 210 g/mol. The second-order valence-corrected chi connectivity index (χ2v) is 3.71. The summed E-state index contributed by atoms with van der Waals surface area (Å²) in [7, 11) is 0. The van der Waals surface area contributed by atoms with Crippen LogP contribution in [0.3, 0.4) is 0 Å². The van der Waals surface area contributed by atoms with Crippen molar-refractivity contribution in [2.45, 2.75) is 13.1 Å². The van der Waals surface area contributed by atoms with Crippen LogP contribution in [0, 0.1) is 6.92 Å². The highest BCUT2D eigenvalue weighted by Gasteiger charge is 2.12. The molecule has 0 aliphatic carbocycles. The smallest absolute Gasteiger partial charge is 0.0936 e. The average Bonchev–Trinajstić information content (AvgIpc) is 2.57. The molecule has 1 aliphatic heterocycles. The van der Waals surface area contributed by atoms with E-state index in [-0.39, 0.29) is 6.17 Å². The third kappa shape index (κ3) is 1.75. The maximum Gasteiger partial charge on any atom is 0.0936 e. The van der Waals surface area contributed by atoms with E-state index in [9.17, 15) is 0 Å². The van der Waals surface area contributed by atoms with Crippen LogP contribution in [-0.2, 0) is 0 Å². The van der Waals surface area contributed by atoms with Gasteiger partial charge in [0.1, 0.15) is 0 Å². The Hall–Kier alpha value is -1.03. The van der Waals surface area contributed by atoms with Crippen molar-refractivity contribution in [1.29, 1.82) is 0 Å². The van der Waals surface area contributed by atoms with Gasteiger partial charge in [0, 0.05) is 11.2 Å². The number of rotatable bonds is 1. The number of hydrogen-bond donors (Lipinski definition) is 2.